The van der Waals surface area contributed by atoms with Gasteiger partial charge in [-0.05, 0) is 6.92 Å². The van der Waals surface area contributed by atoms with E-state index in [-0.39, 0.29) is 0 Å². The van der Waals surface area contributed by atoms with Crippen LogP contribution in [0.4, 0.5) is 0 Å². The lowest BCUT2D eigenvalue weighted by Gasteiger charge is -2.08. The molecule has 82 valence electrons. The molecule has 0 aliphatic rings. The number of carboxylic acid groups (broad SMARTS) is 1. The van der Waals surface area contributed by atoms with E-state index in [9.17, 15) is 18.0 Å². The summed E-state index contributed by atoms with van der Waals surface area (Å²) in [5.74, 6) is -2.88. The maximum atomic E-state index is 11.3. The van der Waals surface area contributed by atoms with Crippen molar-refractivity contribution in [2.75, 3.05) is 12.9 Å². The number of methoxy groups -OCH3 is 1. The Balaban J connectivity index is 4.46. The third-order valence-electron chi connectivity index (χ3n) is 1.62. The minimum Gasteiger partial charge on any atom is -0.481 e. The normalized spacial score (nSPS) is 13.3. The van der Waals surface area contributed by atoms with Gasteiger partial charge < -0.3 is 9.84 Å². The van der Waals surface area contributed by atoms with Crippen LogP contribution >= 0.6 is 0 Å². The van der Waals surface area contributed by atoms with E-state index < -0.39 is 39.2 Å². The van der Waals surface area contributed by atoms with Gasteiger partial charge in [-0.1, -0.05) is 0 Å². The molecule has 0 aliphatic carbocycles. The predicted molar refractivity (Wildman–Crippen MR) is 47.5 cm³/mol. The molecule has 0 aromatic heterocycles. The summed E-state index contributed by atoms with van der Waals surface area (Å²) in [5.41, 5.74) is 0. The van der Waals surface area contributed by atoms with Crippen molar-refractivity contribution in [3.05, 3.63) is 0 Å². The van der Waals surface area contributed by atoms with Gasteiger partial charge in [0.1, 0.15) is 5.75 Å². The summed E-state index contributed by atoms with van der Waals surface area (Å²) < 4.78 is 26.7. The van der Waals surface area contributed by atoms with Crippen molar-refractivity contribution in [3.63, 3.8) is 0 Å². The fourth-order valence-corrected chi connectivity index (χ4v) is 1.87. The van der Waals surface area contributed by atoms with Crippen LogP contribution < -0.4 is 0 Å². The molecule has 0 aromatic rings. The summed E-state index contributed by atoms with van der Waals surface area (Å²) in [5, 5.41) is 7.27. The van der Waals surface area contributed by atoms with E-state index >= 15 is 0 Å². The Morgan fingerprint density at radius 1 is 1.43 bits per heavy atom. The van der Waals surface area contributed by atoms with Gasteiger partial charge in [0.2, 0.25) is 0 Å². The summed E-state index contributed by atoms with van der Waals surface area (Å²) in [4.78, 5) is 20.9. The fraction of sp³-hybridized carbons (Fsp3) is 0.714. The Morgan fingerprint density at radius 3 is 2.29 bits per heavy atom. The Morgan fingerprint density at radius 2 is 1.93 bits per heavy atom. The van der Waals surface area contributed by atoms with Gasteiger partial charge in [0.05, 0.1) is 18.8 Å². The largest absolute Gasteiger partial charge is 0.481 e. The van der Waals surface area contributed by atoms with Crippen LogP contribution in [0.3, 0.4) is 0 Å². The van der Waals surface area contributed by atoms with Gasteiger partial charge in [0.25, 0.3) is 0 Å². The van der Waals surface area contributed by atoms with E-state index in [0.29, 0.717) is 0 Å². The average Bonchev–Trinajstić information content (AvgIpc) is 2.02. The molecule has 1 unspecified atom stereocenters. The summed E-state index contributed by atoms with van der Waals surface area (Å²) in [6.45, 7) is 1.24. The quantitative estimate of drug-likeness (QED) is 0.628. The number of esters is 1. The van der Waals surface area contributed by atoms with E-state index in [2.05, 4.69) is 4.74 Å². The minimum atomic E-state index is -3.72. The lowest BCUT2D eigenvalue weighted by molar-refractivity contribution is -0.138. The molecule has 7 heteroatoms. The van der Waals surface area contributed by atoms with E-state index in [0.717, 1.165) is 7.11 Å². The van der Waals surface area contributed by atoms with Gasteiger partial charge >= 0.3 is 11.9 Å². The molecule has 0 radical (unpaired) electrons. The van der Waals surface area contributed by atoms with Crippen molar-refractivity contribution < 1.29 is 27.9 Å². The SMILES string of the molecule is COC(=O)CS(=O)(=O)C(C)CC(=O)O. The highest BCUT2D eigenvalue weighted by Gasteiger charge is 2.26. The number of ether oxygens (including phenoxy) is 1. The lowest BCUT2D eigenvalue weighted by Crippen LogP contribution is -2.28. The first-order valence-electron chi connectivity index (χ1n) is 3.79. The monoisotopic (exact) mass is 224 g/mol. The molecule has 0 saturated heterocycles. The summed E-state index contributed by atoms with van der Waals surface area (Å²) in [6.07, 6.45) is -0.515. The topological polar surface area (TPSA) is 97.7 Å². The smallest absolute Gasteiger partial charge is 0.320 e. The molecular weight excluding hydrogens is 212 g/mol. The van der Waals surface area contributed by atoms with Crippen LogP contribution in [-0.2, 0) is 24.2 Å². The van der Waals surface area contributed by atoms with Crippen molar-refractivity contribution in [3.8, 4) is 0 Å². The highest BCUT2D eigenvalue weighted by atomic mass is 32.2. The van der Waals surface area contributed by atoms with E-state index in [1.165, 1.54) is 6.92 Å². The average molecular weight is 224 g/mol. The van der Waals surface area contributed by atoms with Crippen LogP contribution in [0.25, 0.3) is 0 Å². The summed E-state index contributed by atoms with van der Waals surface area (Å²) in [6, 6.07) is 0. The molecule has 0 amide bonds. The van der Waals surface area contributed by atoms with Crippen molar-refractivity contribution in [2.45, 2.75) is 18.6 Å². The van der Waals surface area contributed by atoms with Crippen LogP contribution in [0.5, 0.6) is 0 Å². The predicted octanol–water partition coefficient (Wildman–Crippen LogP) is -0.563. The van der Waals surface area contributed by atoms with Crippen molar-refractivity contribution in [1.29, 1.82) is 0 Å². The Kier molecular flexibility index (Phi) is 4.55. The number of hydrogen-bond donors (Lipinski definition) is 1. The van der Waals surface area contributed by atoms with Gasteiger partial charge in [0.15, 0.2) is 9.84 Å². The van der Waals surface area contributed by atoms with E-state index in [4.69, 9.17) is 5.11 Å². The molecule has 0 spiro atoms. The number of sulfone groups is 1. The summed E-state index contributed by atoms with van der Waals surface area (Å²) in [7, 11) is -2.65. The molecule has 6 nitrogen and oxygen atoms in total. The molecule has 0 heterocycles. The number of carbonyl (C=O) groups is 2. The molecule has 0 aliphatic heterocycles. The second-order valence-electron chi connectivity index (χ2n) is 2.79. The van der Waals surface area contributed by atoms with Crippen molar-refractivity contribution in [2.24, 2.45) is 0 Å². The molecule has 1 N–H and O–H groups in total. The molecule has 0 bridgehead atoms. The fourth-order valence-electron chi connectivity index (χ4n) is 0.738. The third-order valence-corrected chi connectivity index (χ3v) is 3.65. The van der Waals surface area contributed by atoms with Crippen molar-refractivity contribution >= 4 is 21.8 Å². The third kappa shape index (κ3) is 4.22. The Labute approximate surface area is 81.8 Å². The van der Waals surface area contributed by atoms with Gasteiger partial charge in [-0.15, -0.1) is 0 Å². The minimum absolute atomic E-state index is 0.515. The molecule has 0 fully saturated rings. The number of aliphatic carboxylic acids is 1. The van der Waals surface area contributed by atoms with Crippen LogP contribution in [0.2, 0.25) is 0 Å². The second kappa shape index (κ2) is 4.94. The highest BCUT2D eigenvalue weighted by Crippen LogP contribution is 2.06. The van der Waals surface area contributed by atoms with E-state index in [1.54, 1.807) is 0 Å². The zero-order valence-corrected chi connectivity index (χ0v) is 8.70. The molecule has 0 saturated carbocycles. The van der Waals surface area contributed by atoms with Crippen LogP contribution in [0.15, 0.2) is 0 Å². The zero-order valence-electron chi connectivity index (χ0n) is 7.89. The van der Waals surface area contributed by atoms with Gasteiger partial charge in [-0.3, -0.25) is 9.59 Å². The lowest BCUT2D eigenvalue weighted by atomic mass is 10.3. The number of hydrogen-bond acceptors (Lipinski definition) is 5. The molecule has 0 rings (SSSR count). The zero-order chi connectivity index (χ0) is 11.4. The second-order valence-corrected chi connectivity index (χ2v) is 5.21. The maximum absolute atomic E-state index is 11.3. The number of rotatable bonds is 5. The first-order valence-corrected chi connectivity index (χ1v) is 5.51. The van der Waals surface area contributed by atoms with Gasteiger partial charge in [-0.25, -0.2) is 8.42 Å². The van der Waals surface area contributed by atoms with Gasteiger partial charge in [-0.2, -0.15) is 0 Å². The van der Waals surface area contributed by atoms with Crippen LogP contribution in [0.1, 0.15) is 13.3 Å². The molecule has 1 atom stereocenters. The standard InChI is InChI=1S/C7H12O6S/c1-5(3-6(8)9)14(11,12)4-7(10)13-2/h5H,3-4H2,1-2H3,(H,8,9). The van der Waals surface area contributed by atoms with Crippen LogP contribution in [-0.4, -0.2) is 43.6 Å². The first-order chi connectivity index (χ1) is 6.29. The van der Waals surface area contributed by atoms with Crippen molar-refractivity contribution in [1.82, 2.24) is 0 Å². The molecule has 14 heavy (non-hydrogen) atoms. The highest BCUT2D eigenvalue weighted by molar-refractivity contribution is 7.92. The molecular formula is C7H12O6S. The maximum Gasteiger partial charge on any atom is 0.320 e. The summed E-state index contributed by atoms with van der Waals surface area (Å²) >= 11 is 0. The van der Waals surface area contributed by atoms with Gasteiger partial charge in [0, 0.05) is 0 Å². The molecule has 0 aromatic carbocycles. The first kappa shape index (κ1) is 12.9. The number of carboxylic acids is 1. The Bertz CT molecular complexity index is 317. The Hall–Kier alpha value is -1.11. The van der Waals surface area contributed by atoms with Crippen LogP contribution in [0, 0.1) is 0 Å². The van der Waals surface area contributed by atoms with E-state index in [1.807, 2.05) is 0 Å². The number of carbonyl (C=O) groups excluding carboxylic acids is 1.